The maximum atomic E-state index is 13.3. The van der Waals surface area contributed by atoms with Gasteiger partial charge in [-0.3, -0.25) is 18.8 Å². The second-order valence-corrected chi connectivity index (χ2v) is 6.80. The normalized spacial score (nSPS) is 13.0. The van der Waals surface area contributed by atoms with E-state index in [1.165, 1.54) is 16.8 Å². The summed E-state index contributed by atoms with van der Waals surface area (Å²) < 4.78 is 26.6. The van der Waals surface area contributed by atoms with Gasteiger partial charge in [0.2, 0.25) is 0 Å². The standard InChI is InChI=1S/C19H18ClN7O2/c1-21-18(28)12-8-22-16(20)6-13(12)24-14-10-25(2)15-4-5-27(19(29)17(14)15)11-7-23-26(3)9-11/h4-10H,1-3H3,(H,21,28)(H,22,24)/i1D3. The molecule has 148 valence electrons. The van der Waals surface area contributed by atoms with E-state index in [4.69, 9.17) is 15.7 Å². The first-order valence-electron chi connectivity index (χ1n) is 9.98. The largest absolute Gasteiger partial charge is 0.355 e. The maximum Gasteiger partial charge on any atom is 0.266 e. The number of halogens is 1. The Bertz CT molecular complexity index is 1400. The van der Waals surface area contributed by atoms with E-state index in [1.54, 1.807) is 54.2 Å². The van der Waals surface area contributed by atoms with Gasteiger partial charge < -0.3 is 15.2 Å². The molecule has 4 rings (SSSR count). The molecular formula is C19H18ClN7O2. The predicted molar refractivity (Wildman–Crippen MR) is 111 cm³/mol. The number of hydrogen-bond donors (Lipinski definition) is 2. The summed E-state index contributed by atoms with van der Waals surface area (Å²) in [6.45, 7) is -2.68. The fraction of sp³-hybridized carbons (Fsp3) is 0.158. The maximum absolute atomic E-state index is 13.3. The number of hydrogen-bond acceptors (Lipinski definition) is 5. The van der Waals surface area contributed by atoms with Crippen LogP contribution < -0.4 is 16.2 Å². The SMILES string of the molecule is [2H]C([2H])([2H])NC(=O)c1cnc(Cl)cc1Nc1cn(C)c2ccn(-c3cnn(C)c3)c(=O)c12. The molecule has 0 saturated heterocycles. The van der Waals surface area contributed by atoms with Crippen LogP contribution >= 0.6 is 11.6 Å². The van der Waals surface area contributed by atoms with E-state index in [0.29, 0.717) is 22.3 Å². The molecular weight excluding hydrogens is 394 g/mol. The first-order chi connectivity index (χ1) is 15.0. The molecule has 0 saturated carbocycles. The van der Waals surface area contributed by atoms with Crippen LogP contribution in [0, 0.1) is 0 Å². The summed E-state index contributed by atoms with van der Waals surface area (Å²) in [7, 11) is 3.53. The lowest BCUT2D eigenvalue weighted by atomic mass is 10.2. The van der Waals surface area contributed by atoms with Crippen LogP contribution in [0.3, 0.4) is 0 Å². The fourth-order valence-corrected chi connectivity index (χ4v) is 3.32. The van der Waals surface area contributed by atoms with Crippen LogP contribution in [0.1, 0.15) is 14.5 Å². The Morgan fingerprint density at radius 1 is 1.24 bits per heavy atom. The third-order valence-corrected chi connectivity index (χ3v) is 4.72. The van der Waals surface area contributed by atoms with E-state index in [1.807, 2.05) is 5.32 Å². The van der Waals surface area contributed by atoms with Crippen molar-refractivity contribution in [2.75, 3.05) is 12.3 Å². The molecule has 10 heteroatoms. The minimum Gasteiger partial charge on any atom is -0.355 e. The van der Waals surface area contributed by atoms with E-state index in [0.717, 1.165) is 0 Å². The van der Waals surface area contributed by atoms with Crippen LogP contribution in [-0.2, 0) is 14.1 Å². The molecule has 0 unspecified atom stereocenters. The molecule has 9 nitrogen and oxygen atoms in total. The average Bonchev–Trinajstić information content (AvgIpc) is 3.24. The monoisotopic (exact) mass is 414 g/mol. The Hall–Kier alpha value is -3.59. The average molecular weight is 415 g/mol. The zero-order chi connectivity index (χ0) is 23.2. The second-order valence-electron chi connectivity index (χ2n) is 6.41. The molecule has 0 aliphatic heterocycles. The van der Waals surface area contributed by atoms with Gasteiger partial charge in [0.15, 0.2) is 0 Å². The van der Waals surface area contributed by atoms with Gasteiger partial charge >= 0.3 is 0 Å². The summed E-state index contributed by atoms with van der Waals surface area (Å²) in [4.78, 5) is 29.7. The molecule has 0 radical (unpaired) electrons. The van der Waals surface area contributed by atoms with Crippen LogP contribution in [0.2, 0.25) is 5.15 Å². The van der Waals surface area contributed by atoms with Gasteiger partial charge in [0, 0.05) is 50.0 Å². The summed E-state index contributed by atoms with van der Waals surface area (Å²) in [5.74, 6) is -0.857. The molecule has 0 aliphatic carbocycles. The number of aryl methyl sites for hydroxylation is 2. The van der Waals surface area contributed by atoms with Gasteiger partial charge in [0.05, 0.1) is 39.7 Å². The van der Waals surface area contributed by atoms with Gasteiger partial charge in [0.25, 0.3) is 11.5 Å². The van der Waals surface area contributed by atoms with Gasteiger partial charge in [-0.05, 0) is 12.1 Å². The Morgan fingerprint density at radius 2 is 2.07 bits per heavy atom. The molecule has 0 bridgehead atoms. The Kier molecular flexibility index (Phi) is 3.76. The molecule has 0 spiro atoms. The lowest BCUT2D eigenvalue weighted by Crippen LogP contribution is -2.20. The van der Waals surface area contributed by atoms with Crippen molar-refractivity contribution in [2.24, 2.45) is 14.1 Å². The summed E-state index contributed by atoms with van der Waals surface area (Å²) in [5.41, 5.74) is 1.54. The first-order valence-corrected chi connectivity index (χ1v) is 8.86. The van der Waals surface area contributed by atoms with Crippen molar-refractivity contribution in [2.45, 2.75) is 0 Å². The van der Waals surface area contributed by atoms with Crippen LogP contribution in [0.15, 0.2) is 47.9 Å². The molecule has 4 aromatic heterocycles. The van der Waals surface area contributed by atoms with E-state index in [-0.39, 0.29) is 22.0 Å². The summed E-state index contributed by atoms with van der Waals surface area (Å²) in [6.07, 6.45) is 7.81. The van der Waals surface area contributed by atoms with Crippen molar-refractivity contribution in [1.82, 2.24) is 29.2 Å². The number of fused-ring (bicyclic) bond motifs is 1. The lowest BCUT2D eigenvalue weighted by molar-refractivity contribution is 0.0963. The number of carbonyl (C=O) groups is 1. The van der Waals surface area contributed by atoms with Gasteiger partial charge in [-0.25, -0.2) is 4.98 Å². The van der Waals surface area contributed by atoms with Crippen LogP contribution in [0.5, 0.6) is 0 Å². The molecule has 0 aromatic carbocycles. The number of aromatic nitrogens is 5. The van der Waals surface area contributed by atoms with Gasteiger partial charge in [0.1, 0.15) is 5.15 Å². The third kappa shape index (κ3) is 3.25. The zero-order valence-electron chi connectivity index (χ0n) is 18.5. The molecule has 29 heavy (non-hydrogen) atoms. The van der Waals surface area contributed by atoms with Gasteiger partial charge in [-0.15, -0.1) is 0 Å². The zero-order valence-corrected chi connectivity index (χ0v) is 16.2. The van der Waals surface area contributed by atoms with Crippen molar-refractivity contribution >= 4 is 39.8 Å². The summed E-state index contributed by atoms with van der Waals surface area (Å²) >= 11 is 6.01. The highest BCUT2D eigenvalue weighted by molar-refractivity contribution is 6.29. The molecule has 2 N–H and O–H groups in total. The first kappa shape index (κ1) is 15.3. The molecule has 4 heterocycles. The number of nitrogens with one attached hydrogen (secondary N) is 2. The van der Waals surface area contributed by atoms with E-state index >= 15 is 0 Å². The van der Waals surface area contributed by atoms with E-state index in [9.17, 15) is 9.59 Å². The number of pyridine rings is 2. The van der Waals surface area contributed by atoms with Crippen LogP contribution in [-0.4, -0.2) is 36.8 Å². The second kappa shape index (κ2) is 7.10. The van der Waals surface area contributed by atoms with Crippen molar-refractivity contribution in [3.63, 3.8) is 0 Å². The van der Waals surface area contributed by atoms with Crippen molar-refractivity contribution in [3.8, 4) is 5.69 Å². The number of carbonyl (C=O) groups excluding carboxylic acids is 1. The van der Waals surface area contributed by atoms with Crippen LogP contribution in [0.25, 0.3) is 16.6 Å². The summed E-state index contributed by atoms with van der Waals surface area (Å²) in [5, 5.41) is 9.53. The smallest absolute Gasteiger partial charge is 0.266 e. The number of anilines is 2. The third-order valence-electron chi connectivity index (χ3n) is 4.51. The minimum absolute atomic E-state index is 0.0361. The number of rotatable bonds is 4. The highest BCUT2D eigenvalue weighted by Gasteiger charge is 2.17. The number of nitrogens with zero attached hydrogens (tertiary/aromatic N) is 5. The van der Waals surface area contributed by atoms with Crippen molar-refractivity contribution in [3.05, 3.63) is 64.2 Å². The highest BCUT2D eigenvalue weighted by atomic mass is 35.5. The topological polar surface area (TPSA) is 98.8 Å². The lowest BCUT2D eigenvalue weighted by Gasteiger charge is -2.11. The van der Waals surface area contributed by atoms with Crippen LogP contribution in [0.4, 0.5) is 11.4 Å². The Balaban J connectivity index is 1.83. The van der Waals surface area contributed by atoms with Gasteiger partial charge in [-0.1, -0.05) is 11.6 Å². The molecule has 0 aliphatic rings. The number of amides is 1. The van der Waals surface area contributed by atoms with Gasteiger partial charge in [-0.2, -0.15) is 5.10 Å². The highest BCUT2D eigenvalue weighted by Crippen LogP contribution is 2.28. The van der Waals surface area contributed by atoms with Crippen molar-refractivity contribution in [1.29, 1.82) is 0 Å². The van der Waals surface area contributed by atoms with E-state index < -0.39 is 12.9 Å². The van der Waals surface area contributed by atoms with E-state index in [2.05, 4.69) is 15.4 Å². The molecule has 4 aromatic rings. The molecule has 1 amide bonds. The Labute approximate surface area is 174 Å². The van der Waals surface area contributed by atoms with Crippen molar-refractivity contribution < 1.29 is 8.91 Å². The quantitative estimate of drug-likeness (QED) is 0.499. The summed E-state index contributed by atoms with van der Waals surface area (Å²) in [6, 6.07) is 3.17. The fourth-order valence-electron chi connectivity index (χ4n) is 3.16. The minimum atomic E-state index is -2.68. The molecule has 0 atom stereocenters. The Morgan fingerprint density at radius 3 is 2.79 bits per heavy atom. The molecule has 0 fully saturated rings. The predicted octanol–water partition coefficient (Wildman–Crippen LogP) is 2.21.